The van der Waals surface area contributed by atoms with Crippen molar-refractivity contribution in [2.45, 2.75) is 0 Å². The largest absolute Gasteiger partial charge is 0.330 e. The fraction of sp³-hybridized carbons (Fsp3) is 0.0588. The molecular formula is C17H11F2N2O5+. The Morgan fingerprint density at radius 3 is 1.92 bits per heavy atom. The lowest BCUT2D eigenvalue weighted by molar-refractivity contribution is -1.07. The molecule has 0 atom stereocenters. The molecule has 2 aromatic carbocycles. The zero-order valence-corrected chi connectivity index (χ0v) is 13.3. The molecule has 132 valence electrons. The number of rotatable bonds is 6. The van der Waals surface area contributed by atoms with Crippen molar-refractivity contribution in [3.05, 3.63) is 82.7 Å². The minimum Gasteiger partial charge on any atom is -0.284 e. The van der Waals surface area contributed by atoms with Crippen molar-refractivity contribution < 1.29 is 37.8 Å². The summed E-state index contributed by atoms with van der Waals surface area (Å²) in [6, 6.07) is 9.29. The molecule has 0 unspecified atom stereocenters. The van der Waals surface area contributed by atoms with Gasteiger partial charge in [-0.2, -0.15) is 0 Å². The lowest BCUT2D eigenvalue weighted by Gasteiger charge is -1.99. The monoisotopic (exact) mass is 361 g/mol. The first-order valence-electron chi connectivity index (χ1n) is 7.25. The molecule has 9 heteroatoms. The normalized spacial score (nSPS) is 10.6. The number of aromatic nitrogens is 2. The van der Waals surface area contributed by atoms with Crippen LogP contribution >= 0.6 is 0 Å². The summed E-state index contributed by atoms with van der Waals surface area (Å²) < 4.78 is 30.9. The van der Waals surface area contributed by atoms with Gasteiger partial charge in [-0.05, 0) is 53.2 Å². The van der Waals surface area contributed by atoms with Crippen molar-refractivity contribution in [2.24, 2.45) is 0 Å². The van der Waals surface area contributed by atoms with Crippen molar-refractivity contribution in [1.29, 1.82) is 0 Å². The van der Waals surface area contributed by atoms with Crippen molar-refractivity contribution in [3.8, 4) is 0 Å². The predicted octanol–water partition coefficient (Wildman–Crippen LogP) is 1.69. The smallest absolute Gasteiger partial charge is 0.284 e. The van der Waals surface area contributed by atoms with Crippen LogP contribution in [0.1, 0.15) is 32.1 Å². The maximum Gasteiger partial charge on any atom is 0.330 e. The van der Waals surface area contributed by atoms with Gasteiger partial charge in [0.2, 0.25) is 11.6 Å². The maximum absolute atomic E-state index is 13.1. The molecular weight excluding hydrogens is 350 g/mol. The van der Waals surface area contributed by atoms with E-state index in [4.69, 9.17) is 4.63 Å². The standard InChI is InChI=1S/C17H11F2N2O5/c1-24-26-21-15(17(23)11-4-8-13(19)9-5-11)14(20-25-21)16(22)10-2-6-12(18)7-3-10/h2-9H,1H3/q+1. The van der Waals surface area contributed by atoms with Gasteiger partial charge in [-0.25, -0.2) is 8.78 Å². The number of carbonyl (C=O) groups is 2. The Balaban J connectivity index is 2.06. The molecule has 0 amide bonds. The number of hydrogen-bond acceptors (Lipinski definition) is 6. The molecule has 0 saturated carbocycles. The first-order valence-corrected chi connectivity index (χ1v) is 7.25. The molecule has 1 heterocycles. The SMILES string of the molecule is COO[n+]1onc(C(=O)c2ccc(F)cc2)c1C(=O)c1ccc(F)cc1. The van der Waals surface area contributed by atoms with Crippen LogP contribution in [0.25, 0.3) is 0 Å². The number of carbonyl (C=O) groups excluding carboxylic acids is 2. The third kappa shape index (κ3) is 3.33. The number of halogens is 2. The van der Waals surface area contributed by atoms with Gasteiger partial charge in [0, 0.05) is 11.1 Å². The number of ketones is 2. The highest BCUT2D eigenvalue weighted by molar-refractivity contribution is 6.16. The summed E-state index contributed by atoms with van der Waals surface area (Å²) >= 11 is 0. The Morgan fingerprint density at radius 2 is 1.42 bits per heavy atom. The van der Waals surface area contributed by atoms with Crippen LogP contribution in [0.2, 0.25) is 0 Å². The molecule has 3 rings (SSSR count). The van der Waals surface area contributed by atoms with Crippen LogP contribution in [0, 0.1) is 11.6 Å². The van der Waals surface area contributed by atoms with E-state index in [2.05, 4.69) is 15.0 Å². The Morgan fingerprint density at radius 1 is 0.923 bits per heavy atom. The molecule has 7 nitrogen and oxygen atoms in total. The van der Waals surface area contributed by atoms with E-state index >= 15 is 0 Å². The van der Waals surface area contributed by atoms with E-state index in [0.717, 1.165) is 31.4 Å². The van der Waals surface area contributed by atoms with Gasteiger partial charge in [-0.15, -0.1) is 9.88 Å². The fourth-order valence-corrected chi connectivity index (χ4v) is 2.18. The molecule has 0 bridgehead atoms. The second-order valence-electron chi connectivity index (χ2n) is 5.04. The van der Waals surface area contributed by atoms with Crippen LogP contribution in [0.15, 0.2) is 53.2 Å². The second-order valence-corrected chi connectivity index (χ2v) is 5.04. The highest BCUT2D eigenvalue weighted by atomic mass is 19.1. The molecule has 3 aromatic rings. The predicted molar refractivity (Wildman–Crippen MR) is 80.0 cm³/mol. The van der Waals surface area contributed by atoms with E-state index in [0.29, 0.717) is 4.90 Å². The lowest BCUT2D eigenvalue weighted by Crippen LogP contribution is -2.46. The summed E-state index contributed by atoms with van der Waals surface area (Å²) in [6.45, 7) is 0. The first-order chi connectivity index (χ1) is 12.5. The molecule has 0 aliphatic rings. The molecule has 0 aliphatic heterocycles. The molecule has 0 spiro atoms. The van der Waals surface area contributed by atoms with E-state index in [1.807, 2.05) is 0 Å². The summed E-state index contributed by atoms with van der Waals surface area (Å²) in [5.74, 6) is -2.47. The van der Waals surface area contributed by atoms with Gasteiger partial charge in [-0.1, -0.05) is 0 Å². The Bertz CT molecular complexity index is 952. The lowest BCUT2D eigenvalue weighted by atomic mass is 10.0. The highest BCUT2D eigenvalue weighted by Gasteiger charge is 2.39. The van der Waals surface area contributed by atoms with E-state index < -0.39 is 23.2 Å². The molecule has 26 heavy (non-hydrogen) atoms. The first kappa shape index (κ1) is 17.4. The number of nitrogens with zero attached hydrogens (tertiary/aromatic N) is 2. The van der Waals surface area contributed by atoms with Crippen molar-refractivity contribution in [1.82, 2.24) is 5.16 Å². The zero-order valence-electron chi connectivity index (χ0n) is 13.3. The molecule has 0 radical (unpaired) electrons. The summed E-state index contributed by atoms with van der Waals surface area (Å²) in [7, 11) is 1.16. The number of hydrogen-bond donors (Lipinski definition) is 0. The van der Waals surface area contributed by atoms with E-state index in [1.54, 1.807) is 0 Å². The van der Waals surface area contributed by atoms with E-state index in [9.17, 15) is 18.4 Å². The van der Waals surface area contributed by atoms with E-state index in [1.165, 1.54) is 24.3 Å². The number of benzene rings is 2. The van der Waals surface area contributed by atoms with Gasteiger partial charge in [-0.3, -0.25) is 9.59 Å². The molecule has 0 saturated heterocycles. The quantitative estimate of drug-likeness (QED) is 0.378. The van der Waals surface area contributed by atoms with Gasteiger partial charge in [0.15, 0.2) is 10.1 Å². The van der Waals surface area contributed by atoms with Gasteiger partial charge in [0.05, 0.1) is 7.11 Å². The minimum absolute atomic E-state index is 0.0659. The van der Waals surface area contributed by atoms with Crippen molar-refractivity contribution in [2.75, 3.05) is 7.11 Å². The van der Waals surface area contributed by atoms with Crippen LogP contribution in [0.4, 0.5) is 8.78 Å². The van der Waals surface area contributed by atoms with Crippen LogP contribution in [0.3, 0.4) is 0 Å². The summed E-state index contributed by atoms with van der Waals surface area (Å²) in [5.41, 5.74) is -0.593. The molecule has 0 N–H and O–H groups in total. The van der Waals surface area contributed by atoms with Crippen molar-refractivity contribution >= 4 is 11.6 Å². The third-order valence-electron chi connectivity index (χ3n) is 3.40. The molecule has 0 fully saturated rings. The Labute approximate surface area is 145 Å². The highest BCUT2D eigenvalue weighted by Crippen LogP contribution is 2.15. The van der Waals surface area contributed by atoms with Gasteiger partial charge < -0.3 is 0 Å². The second kappa shape index (κ2) is 7.19. The Hall–Kier alpha value is -3.46. The zero-order chi connectivity index (χ0) is 18.7. The van der Waals surface area contributed by atoms with Crippen LogP contribution in [-0.2, 0) is 4.89 Å². The van der Waals surface area contributed by atoms with Crippen molar-refractivity contribution in [3.63, 3.8) is 0 Å². The van der Waals surface area contributed by atoms with Crippen LogP contribution in [-0.4, -0.2) is 23.8 Å². The molecule has 1 aromatic heterocycles. The third-order valence-corrected chi connectivity index (χ3v) is 3.40. The molecule has 0 aliphatic carbocycles. The fourth-order valence-electron chi connectivity index (χ4n) is 2.18. The topological polar surface area (TPSA) is 82.5 Å². The van der Waals surface area contributed by atoms with E-state index in [-0.39, 0.29) is 22.5 Å². The maximum atomic E-state index is 13.1. The average molecular weight is 361 g/mol. The Kier molecular flexibility index (Phi) is 4.81. The summed E-state index contributed by atoms with van der Waals surface area (Å²) in [4.78, 5) is 35.0. The minimum atomic E-state index is -0.714. The van der Waals surface area contributed by atoms with Crippen LogP contribution in [0.5, 0.6) is 0 Å². The average Bonchev–Trinajstić information content (AvgIpc) is 3.06. The van der Waals surface area contributed by atoms with Gasteiger partial charge in [0.1, 0.15) is 11.6 Å². The summed E-state index contributed by atoms with van der Waals surface area (Å²) in [5, 5.41) is 3.54. The van der Waals surface area contributed by atoms with Gasteiger partial charge >= 0.3 is 11.4 Å². The van der Waals surface area contributed by atoms with Crippen LogP contribution < -0.4 is 9.89 Å². The summed E-state index contributed by atoms with van der Waals surface area (Å²) in [6.07, 6.45) is 0. The van der Waals surface area contributed by atoms with Gasteiger partial charge in [0.25, 0.3) is 0 Å².